The van der Waals surface area contributed by atoms with Gasteiger partial charge in [0.05, 0.1) is 5.69 Å². The Morgan fingerprint density at radius 2 is 1.94 bits per heavy atom. The third-order valence-electron chi connectivity index (χ3n) is 5.88. The molecule has 0 saturated carbocycles. The van der Waals surface area contributed by atoms with Crippen molar-refractivity contribution in [2.24, 2.45) is 0 Å². The molecule has 4 rings (SSSR count). The average molecular weight is 460 g/mol. The molecule has 1 saturated heterocycles. The first-order valence-electron chi connectivity index (χ1n) is 10.7. The molecule has 1 aliphatic heterocycles. The number of rotatable bonds is 6. The molecule has 8 nitrogen and oxygen atoms in total. The Morgan fingerprint density at radius 3 is 2.64 bits per heavy atom. The molecule has 3 aromatic rings. The molecular formula is C21H24BF3N6O2. The predicted molar refractivity (Wildman–Crippen MR) is 115 cm³/mol. The van der Waals surface area contributed by atoms with E-state index in [1.807, 2.05) is 35.1 Å². The second kappa shape index (κ2) is 9.50. The molecule has 2 heterocycles. The number of phenols is 1. The number of nitrogens with zero attached hydrogens (tertiary/aromatic N) is 5. The SMILES string of the molecule is CB(O)N1CCC[C@H](NCc2cc(-n3nnnc3C(F)(F)F)ccc2O)[C@@H]1c1ccccc1. The van der Waals surface area contributed by atoms with Crippen LogP contribution in [0.15, 0.2) is 48.5 Å². The van der Waals surface area contributed by atoms with Crippen LogP contribution in [0, 0.1) is 0 Å². The summed E-state index contributed by atoms with van der Waals surface area (Å²) in [5.74, 6) is -1.29. The lowest BCUT2D eigenvalue weighted by atomic mass is 9.76. The summed E-state index contributed by atoms with van der Waals surface area (Å²) in [6, 6.07) is 13.8. The Morgan fingerprint density at radius 1 is 1.18 bits per heavy atom. The lowest BCUT2D eigenvalue weighted by Crippen LogP contribution is -2.52. The molecule has 1 aliphatic rings. The lowest BCUT2D eigenvalue weighted by Gasteiger charge is -2.43. The zero-order valence-corrected chi connectivity index (χ0v) is 17.9. The van der Waals surface area contributed by atoms with Crippen LogP contribution < -0.4 is 5.32 Å². The van der Waals surface area contributed by atoms with E-state index in [-0.39, 0.29) is 30.1 Å². The highest BCUT2D eigenvalue weighted by Gasteiger charge is 2.39. The molecule has 0 aliphatic carbocycles. The lowest BCUT2D eigenvalue weighted by molar-refractivity contribution is -0.146. The Balaban J connectivity index is 1.58. The second-order valence-electron chi connectivity index (χ2n) is 8.08. The van der Waals surface area contributed by atoms with Crippen LogP contribution in [0.5, 0.6) is 5.75 Å². The molecule has 0 spiro atoms. The molecule has 33 heavy (non-hydrogen) atoms. The van der Waals surface area contributed by atoms with Crippen molar-refractivity contribution in [2.75, 3.05) is 6.54 Å². The minimum absolute atomic E-state index is 0.0439. The van der Waals surface area contributed by atoms with Gasteiger partial charge in [-0.25, -0.2) is 0 Å². The van der Waals surface area contributed by atoms with Crippen molar-refractivity contribution in [3.05, 3.63) is 65.5 Å². The number of piperidine rings is 1. The molecule has 12 heteroatoms. The summed E-state index contributed by atoms with van der Waals surface area (Å²) in [6.45, 7) is 2.69. The van der Waals surface area contributed by atoms with Crippen LogP contribution in [0.1, 0.15) is 35.8 Å². The van der Waals surface area contributed by atoms with E-state index in [0.717, 1.165) is 24.9 Å². The van der Waals surface area contributed by atoms with Gasteiger partial charge in [-0.15, -0.1) is 5.10 Å². The van der Waals surface area contributed by atoms with E-state index < -0.39 is 19.1 Å². The Bertz CT molecular complexity index is 1080. The van der Waals surface area contributed by atoms with Crippen molar-refractivity contribution in [1.29, 1.82) is 0 Å². The summed E-state index contributed by atoms with van der Waals surface area (Å²) in [5, 5.41) is 33.8. The zero-order chi connectivity index (χ0) is 23.6. The maximum Gasteiger partial charge on any atom is 0.453 e. The molecule has 0 unspecified atom stereocenters. The number of aromatic nitrogens is 4. The number of hydrogen-bond donors (Lipinski definition) is 3. The first-order valence-corrected chi connectivity index (χ1v) is 10.7. The Labute approximate surface area is 189 Å². The topological polar surface area (TPSA) is 99.3 Å². The van der Waals surface area contributed by atoms with Crippen LogP contribution in [0.3, 0.4) is 0 Å². The fraction of sp³-hybridized carbons (Fsp3) is 0.381. The molecule has 1 aromatic heterocycles. The summed E-state index contributed by atoms with van der Waals surface area (Å²) in [6.07, 6.45) is -3.00. The van der Waals surface area contributed by atoms with Gasteiger partial charge in [-0.2, -0.15) is 17.9 Å². The smallest absolute Gasteiger partial charge is 0.453 e. The highest BCUT2D eigenvalue weighted by molar-refractivity contribution is 6.45. The van der Waals surface area contributed by atoms with Gasteiger partial charge in [0, 0.05) is 24.2 Å². The number of aromatic hydroxyl groups is 1. The van der Waals surface area contributed by atoms with Gasteiger partial charge in [-0.05, 0) is 60.4 Å². The number of nitrogens with one attached hydrogen (secondary N) is 1. The molecule has 0 amide bonds. The van der Waals surface area contributed by atoms with Crippen molar-refractivity contribution < 1.29 is 23.3 Å². The quantitative estimate of drug-likeness (QED) is 0.487. The standard InChI is InChI=1S/C21H24BF3N6O2/c1-22(33)30-11-5-8-17(19(30)14-6-3-2-4-7-14)26-13-15-12-16(9-10-18(15)32)31-20(21(23,24)25)27-28-29-31/h2-4,6-7,9-10,12,17,19,26,32-33H,5,8,11,13H2,1H3/t17-,19-/m0/s1. The monoisotopic (exact) mass is 460 g/mol. The molecular weight excluding hydrogens is 436 g/mol. The number of hydrogen-bond acceptors (Lipinski definition) is 7. The average Bonchev–Trinajstić information content (AvgIpc) is 3.29. The molecule has 0 bridgehead atoms. The fourth-order valence-corrected chi connectivity index (χ4v) is 4.35. The Hall–Kier alpha value is -2.96. The molecule has 1 fully saturated rings. The van der Waals surface area contributed by atoms with Crippen LogP contribution in [0.25, 0.3) is 5.69 Å². The first-order chi connectivity index (χ1) is 15.8. The maximum absolute atomic E-state index is 13.2. The van der Waals surface area contributed by atoms with Crippen LogP contribution in [-0.2, 0) is 12.7 Å². The maximum atomic E-state index is 13.2. The van der Waals surface area contributed by atoms with Gasteiger partial charge in [0.1, 0.15) is 5.75 Å². The number of benzene rings is 2. The third-order valence-corrected chi connectivity index (χ3v) is 5.88. The van der Waals surface area contributed by atoms with E-state index in [4.69, 9.17) is 0 Å². The predicted octanol–water partition coefficient (Wildman–Crippen LogP) is 2.79. The minimum atomic E-state index is -4.71. The highest BCUT2D eigenvalue weighted by atomic mass is 19.4. The van der Waals surface area contributed by atoms with Gasteiger partial charge in [0.25, 0.3) is 5.82 Å². The van der Waals surface area contributed by atoms with E-state index in [0.29, 0.717) is 10.2 Å². The van der Waals surface area contributed by atoms with Gasteiger partial charge in [-0.3, -0.25) is 0 Å². The zero-order valence-electron chi connectivity index (χ0n) is 17.9. The minimum Gasteiger partial charge on any atom is -0.508 e. The van der Waals surface area contributed by atoms with Crippen LogP contribution in [0.4, 0.5) is 13.2 Å². The summed E-state index contributed by atoms with van der Waals surface area (Å²) in [7, 11) is -0.642. The van der Waals surface area contributed by atoms with Crippen LogP contribution in [-0.4, -0.2) is 54.8 Å². The van der Waals surface area contributed by atoms with Crippen molar-refractivity contribution in [3.8, 4) is 11.4 Å². The highest BCUT2D eigenvalue weighted by Crippen LogP contribution is 2.33. The van der Waals surface area contributed by atoms with E-state index in [1.54, 1.807) is 6.82 Å². The van der Waals surface area contributed by atoms with Crippen molar-refractivity contribution in [2.45, 2.75) is 44.5 Å². The van der Waals surface area contributed by atoms with E-state index in [1.165, 1.54) is 18.2 Å². The second-order valence-corrected chi connectivity index (χ2v) is 8.08. The van der Waals surface area contributed by atoms with E-state index in [9.17, 15) is 23.3 Å². The molecule has 2 atom stereocenters. The number of tetrazole rings is 1. The summed E-state index contributed by atoms with van der Waals surface area (Å²) < 4.78 is 40.2. The normalized spacial score (nSPS) is 19.5. The van der Waals surface area contributed by atoms with Gasteiger partial charge < -0.3 is 20.3 Å². The third kappa shape index (κ3) is 5.02. The number of phenolic OH excluding ortho intramolecular Hbond substituents is 1. The summed E-state index contributed by atoms with van der Waals surface area (Å²) in [4.78, 5) is 2.02. The summed E-state index contributed by atoms with van der Waals surface area (Å²) in [5.41, 5.74) is 1.56. The van der Waals surface area contributed by atoms with E-state index in [2.05, 4.69) is 20.8 Å². The molecule has 174 valence electrons. The van der Waals surface area contributed by atoms with Gasteiger partial charge >= 0.3 is 13.2 Å². The molecule has 3 N–H and O–H groups in total. The molecule has 0 radical (unpaired) electrons. The largest absolute Gasteiger partial charge is 0.508 e. The van der Waals surface area contributed by atoms with Gasteiger partial charge in [-0.1, -0.05) is 30.3 Å². The first kappa shape index (κ1) is 23.2. The van der Waals surface area contributed by atoms with Crippen molar-refractivity contribution in [3.63, 3.8) is 0 Å². The van der Waals surface area contributed by atoms with E-state index >= 15 is 0 Å². The van der Waals surface area contributed by atoms with Crippen molar-refractivity contribution in [1.82, 2.24) is 30.3 Å². The summed E-state index contributed by atoms with van der Waals surface area (Å²) >= 11 is 0. The van der Waals surface area contributed by atoms with Gasteiger partial charge in [0.2, 0.25) is 0 Å². The Kier molecular flexibility index (Phi) is 6.68. The fourth-order valence-electron chi connectivity index (χ4n) is 4.35. The van der Waals surface area contributed by atoms with Crippen LogP contribution in [0.2, 0.25) is 6.82 Å². The molecule has 2 aromatic carbocycles. The van der Waals surface area contributed by atoms with Crippen LogP contribution >= 0.6 is 0 Å². The number of halogens is 3. The van der Waals surface area contributed by atoms with Crippen molar-refractivity contribution >= 4 is 7.05 Å². The van der Waals surface area contributed by atoms with Gasteiger partial charge in [0.15, 0.2) is 0 Å². The number of alkyl halides is 3.